The van der Waals surface area contributed by atoms with Crippen molar-refractivity contribution in [2.24, 2.45) is 0 Å². The minimum Gasteiger partial charge on any atom is -0.309 e. The fourth-order valence-electron chi connectivity index (χ4n) is 1.52. The van der Waals surface area contributed by atoms with Gasteiger partial charge in [0.25, 0.3) is 0 Å². The molecule has 2 heterocycles. The van der Waals surface area contributed by atoms with Gasteiger partial charge in [0.05, 0.1) is 22.1 Å². The zero-order valence-electron chi connectivity index (χ0n) is 9.30. The van der Waals surface area contributed by atoms with Crippen LogP contribution in [0.3, 0.4) is 0 Å². The summed E-state index contributed by atoms with van der Waals surface area (Å²) in [7, 11) is 0. The first kappa shape index (κ1) is 11.6. The van der Waals surface area contributed by atoms with Crippen LogP contribution in [0.1, 0.15) is 28.5 Å². The molecule has 0 saturated heterocycles. The SMILES string of the molecule is CCNC(Cc1nc(C)cs1)c1cnns1. The predicted molar refractivity (Wildman–Crippen MR) is 66.9 cm³/mol. The van der Waals surface area contributed by atoms with E-state index in [1.807, 2.05) is 13.1 Å². The highest BCUT2D eigenvalue weighted by Gasteiger charge is 2.15. The molecule has 16 heavy (non-hydrogen) atoms. The van der Waals surface area contributed by atoms with E-state index in [4.69, 9.17) is 0 Å². The van der Waals surface area contributed by atoms with Crippen LogP contribution in [0.4, 0.5) is 0 Å². The predicted octanol–water partition coefficient (Wildman–Crippen LogP) is 2.20. The van der Waals surface area contributed by atoms with Gasteiger partial charge in [-0.15, -0.1) is 16.4 Å². The smallest absolute Gasteiger partial charge is 0.0947 e. The molecule has 0 aliphatic heterocycles. The summed E-state index contributed by atoms with van der Waals surface area (Å²) < 4.78 is 3.91. The van der Waals surface area contributed by atoms with E-state index in [1.165, 1.54) is 16.4 Å². The molecule has 1 atom stereocenters. The number of rotatable bonds is 5. The molecular weight excluding hydrogens is 240 g/mol. The van der Waals surface area contributed by atoms with Gasteiger partial charge in [-0.1, -0.05) is 11.4 Å². The van der Waals surface area contributed by atoms with Gasteiger partial charge in [0.2, 0.25) is 0 Å². The summed E-state index contributed by atoms with van der Waals surface area (Å²) in [6, 6.07) is 0.288. The van der Waals surface area contributed by atoms with Gasteiger partial charge >= 0.3 is 0 Å². The van der Waals surface area contributed by atoms with Crippen molar-refractivity contribution in [3.05, 3.63) is 27.2 Å². The largest absolute Gasteiger partial charge is 0.309 e. The molecule has 0 fully saturated rings. The van der Waals surface area contributed by atoms with E-state index >= 15 is 0 Å². The Balaban J connectivity index is 2.09. The quantitative estimate of drug-likeness (QED) is 0.888. The van der Waals surface area contributed by atoms with Crippen LogP contribution < -0.4 is 5.32 Å². The number of likely N-dealkylation sites (N-methyl/N-ethyl adjacent to an activating group) is 1. The standard InChI is InChI=1S/C10H14N4S2/c1-3-11-8(9-5-12-14-16-9)4-10-13-7(2)6-15-10/h5-6,8,11H,3-4H2,1-2H3. The number of hydrogen-bond donors (Lipinski definition) is 1. The molecule has 0 bridgehead atoms. The third-order valence-electron chi connectivity index (χ3n) is 2.22. The molecule has 0 aliphatic rings. The van der Waals surface area contributed by atoms with Crippen molar-refractivity contribution < 1.29 is 0 Å². The Morgan fingerprint density at radius 1 is 1.50 bits per heavy atom. The van der Waals surface area contributed by atoms with E-state index in [0.29, 0.717) is 0 Å². The van der Waals surface area contributed by atoms with Crippen LogP contribution >= 0.6 is 22.9 Å². The van der Waals surface area contributed by atoms with Crippen molar-refractivity contribution in [2.45, 2.75) is 26.3 Å². The molecule has 2 aromatic rings. The van der Waals surface area contributed by atoms with Crippen LogP contribution in [0.5, 0.6) is 0 Å². The lowest BCUT2D eigenvalue weighted by Crippen LogP contribution is -2.22. The zero-order valence-corrected chi connectivity index (χ0v) is 10.9. The summed E-state index contributed by atoms with van der Waals surface area (Å²) in [5.41, 5.74) is 1.10. The Kier molecular flexibility index (Phi) is 3.98. The van der Waals surface area contributed by atoms with Gasteiger partial charge in [0.15, 0.2) is 0 Å². The first-order chi connectivity index (χ1) is 7.79. The summed E-state index contributed by atoms with van der Waals surface area (Å²) in [6.45, 7) is 5.07. The lowest BCUT2D eigenvalue weighted by atomic mass is 10.2. The Morgan fingerprint density at radius 3 is 2.94 bits per heavy atom. The van der Waals surface area contributed by atoms with E-state index in [-0.39, 0.29) is 6.04 Å². The van der Waals surface area contributed by atoms with E-state index in [1.54, 1.807) is 11.3 Å². The molecule has 2 rings (SSSR count). The summed E-state index contributed by atoms with van der Waals surface area (Å²) in [5, 5.41) is 10.6. The van der Waals surface area contributed by atoms with Crippen molar-refractivity contribution in [3.8, 4) is 0 Å². The molecule has 1 N–H and O–H groups in total. The topological polar surface area (TPSA) is 50.7 Å². The highest BCUT2D eigenvalue weighted by atomic mass is 32.1. The van der Waals surface area contributed by atoms with E-state index in [0.717, 1.165) is 23.7 Å². The van der Waals surface area contributed by atoms with Crippen LogP contribution in [-0.2, 0) is 6.42 Å². The fourth-order valence-corrected chi connectivity index (χ4v) is 2.91. The van der Waals surface area contributed by atoms with Crippen LogP contribution in [0.15, 0.2) is 11.6 Å². The molecule has 4 nitrogen and oxygen atoms in total. The highest BCUT2D eigenvalue weighted by molar-refractivity contribution is 7.09. The average Bonchev–Trinajstić information content (AvgIpc) is 2.88. The molecule has 0 saturated carbocycles. The van der Waals surface area contributed by atoms with Crippen LogP contribution in [-0.4, -0.2) is 21.1 Å². The summed E-state index contributed by atoms with van der Waals surface area (Å²) in [5.74, 6) is 0. The van der Waals surface area contributed by atoms with Crippen molar-refractivity contribution in [2.75, 3.05) is 6.54 Å². The Bertz CT molecular complexity index is 424. The first-order valence-corrected chi connectivity index (χ1v) is 6.86. The van der Waals surface area contributed by atoms with Gasteiger partial charge in [0.1, 0.15) is 0 Å². The number of nitrogens with one attached hydrogen (secondary N) is 1. The second kappa shape index (κ2) is 5.47. The maximum atomic E-state index is 4.48. The highest BCUT2D eigenvalue weighted by Crippen LogP contribution is 2.22. The Hall–Kier alpha value is -0.850. The zero-order chi connectivity index (χ0) is 11.4. The van der Waals surface area contributed by atoms with Crippen LogP contribution in [0.2, 0.25) is 0 Å². The van der Waals surface area contributed by atoms with Gasteiger partial charge in [-0.05, 0) is 25.0 Å². The normalized spacial score (nSPS) is 12.9. The molecule has 0 amide bonds. The second-order valence-corrected chi connectivity index (χ2v) is 5.28. The minimum absolute atomic E-state index is 0.288. The van der Waals surface area contributed by atoms with Crippen LogP contribution in [0.25, 0.3) is 0 Å². The van der Waals surface area contributed by atoms with E-state index in [9.17, 15) is 0 Å². The lowest BCUT2D eigenvalue weighted by Gasteiger charge is -2.13. The van der Waals surface area contributed by atoms with Gasteiger partial charge in [-0.25, -0.2) is 4.98 Å². The van der Waals surface area contributed by atoms with Gasteiger partial charge in [-0.3, -0.25) is 0 Å². The van der Waals surface area contributed by atoms with Gasteiger partial charge in [-0.2, -0.15) is 0 Å². The maximum Gasteiger partial charge on any atom is 0.0947 e. The number of hydrogen-bond acceptors (Lipinski definition) is 6. The first-order valence-electron chi connectivity index (χ1n) is 5.21. The molecule has 2 aromatic heterocycles. The van der Waals surface area contributed by atoms with Crippen molar-refractivity contribution in [1.29, 1.82) is 0 Å². The maximum absolute atomic E-state index is 4.48. The summed E-state index contributed by atoms with van der Waals surface area (Å²) >= 11 is 3.16. The van der Waals surface area contributed by atoms with Crippen molar-refractivity contribution >= 4 is 22.9 Å². The molecule has 0 radical (unpaired) electrons. The number of aryl methyl sites for hydroxylation is 1. The van der Waals surface area contributed by atoms with E-state index in [2.05, 4.69) is 32.2 Å². The van der Waals surface area contributed by atoms with Crippen molar-refractivity contribution in [1.82, 2.24) is 19.9 Å². The Labute approximate surface area is 103 Å². The monoisotopic (exact) mass is 254 g/mol. The average molecular weight is 254 g/mol. The summed E-state index contributed by atoms with van der Waals surface area (Å²) in [6.07, 6.45) is 2.74. The second-order valence-electron chi connectivity index (χ2n) is 3.52. The Morgan fingerprint density at radius 2 is 2.38 bits per heavy atom. The number of thiazole rings is 1. The van der Waals surface area contributed by atoms with Crippen LogP contribution in [0, 0.1) is 6.92 Å². The van der Waals surface area contributed by atoms with Gasteiger partial charge < -0.3 is 5.32 Å². The molecule has 0 spiro atoms. The summed E-state index contributed by atoms with van der Waals surface area (Å²) in [4.78, 5) is 5.66. The molecule has 6 heteroatoms. The fraction of sp³-hybridized carbons (Fsp3) is 0.500. The molecular formula is C10H14N4S2. The molecule has 0 aliphatic carbocycles. The molecule has 86 valence electrons. The molecule has 1 unspecified atom stereocenters. The van der Waals surface area contributed by atoms with E-state index < -0.39 is 0 Å². The number of nitrogens with zero attached hydrogens (tertiary/aromatic N) is 3. The molecule has 0 aromatic carbocycles. The number of aromatic nitrogens is 3. The van der Waals surface area contributed by atoms with Crippen molar-refractivity contribution in [3.63, 3.8) is 0 Å². The van der Waals surface area contributed by atoms with Gasteiger partial charge in [0, 0.05) is 17.5 Å². The minimum atomic E-state index is 0.288. The lowest BCUT2D eigenvalue weighted by molar-refractivity contribution is 0.556. The third kappa shape index (κ3) is 2.84. The third-order valence-corrected chi connectivity index (χ3v) is 3.98.